The van der Waals surface area contributed by atoms with Gasteiger partial charge in [-0.3, -0.25) is 0 Å². The quantitative estimate of drug-likeness (QED) is 0.0630. The molecule has 0 bridgehead atoms. The van der Waals surface area contributed by atoms with Gasteiger partial charge in [-0.25, -0.2) is 0 Å². The Bertz CT molecular complexity index is 1580. The van der Waals surface area contributed by atoms with Gasteiger partial charge in [0.15, 0.2) is 6.61 Å². The number of aldehydes is 2. The van der Waals surface area contributed by atoms with Gasteiger partial charge in [-0.15, -0.1) is 0 Å². The van der Waals surface area contributed by atoms with Crippen molar-refractivity contribution in [2.75, 3.05) is 33.0 Å². The molecular formula is C60H114O10+2. The van der Waals surface area contributed by atoms with Gasteiger partial charge in [0, 0.05) is 35.9 Å². The molecule has 10 nitrogen and oxygen atoms in total. The average Bonchev–Trinajstić information content (AvgIpc) is 4.10. The highest BCUT2D eigenvalue weighted by Crippen LogP contribution is 2.53. The van der Waals surface area contributed by atoms with Gasteiger partial charge in [0.05, 0.1) is 19.3 Å². The molecule has 0 aromatic heterocycles. The van der Waals surface area contributed by atoms with E-state index >= 15 is 0 Å². The van der Waals surface area contributed by atoms with Crippen molar-refractivity contribution in [3.63, 3.8) is 0 Å². The van der Waals surface area contributed by atoms with E-state index in [0.29, 0.717) is 82.7 Å². The summed E-state index contributed by atoms with van der Waals surface area (Å²) in [5.74, 6) is 7.06. The van der Waals surface area contributed by atoms with Crippen molar-refractivity contribution in [1.82, 2.24) is 0 Å². The molecule has 0 spiro atoms. The fraction of sp³-hybridized carbons (Fsp3) is 0.900. The fourth-order valence-corrected chi connectivity index (χ4v) is 13.5. The Balaban J connectivity index is 0.000000420. The first-order chi connectivity index (χ1) is 32.5. The van der Waals surface area contributed by atoms with E-state index in [1.165, 1.54) is 48.7 Å². The van der Waals surface area contributed by atoms with Crippen LogP contribution in [-0.2, 0) is 9.59 Å². The second kappa shape index (κ2) is 29.0. The van der Waals surface area contributed by atoms with Crippen LogP contribution in [-0.4, -0.2) is 104 Å². The lowest BCUT2D eigenvalue weighted by atomic mass is 9.72. The summed E-state index contributed by atoms with van der Waals surface area (Å²) in [6, 6.07) is 0. The molecule has 0 aromatic rings. The summed E-state index contributed by atoms with van der Waals surface area (Å²) in [6.45, 7) is 41.5. The van der Waals surface area contributed by atoms with Gasteiger partial charge in [0.1, 0.15) is 30.9 Å². The molecule has 2 unspecified atom stereocenters. The number of carbonyl (C=O) groups is 2. The van der Waals surface area contributed by atoms with Crippen molar-refractivity contribution < 1.29 is 50.4 Å². The van der Waals surface area contributed by atoms with E-state index in [0.717, 1.165) is 62.6 Å². The van der Waals surface area contributed by atoms with E-state index in [1.54, 1.807) is 0 Å². The molecule has 10 N–H and O–H groups in total. The largest absolute Gasteiger partial charge is 0.445 e. The number of aliphatic hydroxyl groups is 6. The van der Waals surface area contributed by atoms with Gasteiger partial charge in [0.2, 0.25) is 0 Å². The van der Waals surface area contributed by atoms with Crippen LogP contribution in [0, 0.1) is 98.6 Å². The summed E-state index contributed by atoms with van der Waals surface area (Å²) in [5, 5.41) is 69.2. The van der Waals surface area contributed by atoms with Crippen molar-refractivity contribution in [3.8, 4) is 0 Å². The maximum atomic E-state index is 10.9. The second-order valence-electron chi connectivity index (χ2n) is 25.0. The standard InChI is InChI=1S/C11H22O.2C11H20O.2C10H18O.C7H14O5/c2*1-5-11(4)6-10(7-12)8(2)9(11)3;1-5-11(4)9(3)8(2)6-10(11)7-12;1-4-10(3)6-9(7-11)5-8(10)2;1-4-10-8(3)7(2)5-9(10)6-11;8-2-4-1-7(12,3-9)6(11)5(4)10/h8-10,12H,5-7H2,1-4H3;2*7-10H,5-6H2,1-4H3;5,8,11H,4,6-7H2,1-3H3;7-8,11H,4-6H2,1-3H3;4-6,8-12H,1-3H2/p+2/t8-,9-,10+,11-;8-,9-,10?,11-;8-,9+,10?,11-;8-,10-;7-,8+;4-,5-,6+,7+/m001011/s1. The van der Waals surface area contributed by atoms with Crippen LogP contribution in [0.4, 0.5) is 0 Å². The molecule has 6 rings (SSSR count). The first-order valence-corrected chi connectivity index (χ1v) is 28.0. The van der Waals surface area contributed by atoms with E-state index in [1.807, 2.05) is 0 Å². The van der Waals surface area contributed by atoms with Crippen LogP contribution in [0.1, 0.15) is 195 Å². The Morgan fingerprint density at radius 2 is 1.23 bits per heavy atom. The summed E-state index contributed by atoms with van der Waals surface area (Å²) in [4.78, 5) is 21.6. The number of hydrogen-bond donors (Lipinski definition) is 6. The Kier molecular flexibility index (Phi) is 27.5. The average molecular weight is 996 g/mol. The Hall–Kier alpha value is -1.50. The smallest absolute Gasteiger partial charge is 0.165 e. The predicted molar refractivity (Wildman–Crippen MR) is 290 cm³/mol. The molecule has 0 amide bonds. The number of allylic oxidation sites excluding steroid dienone is 2. The van der Waals surface area contributed by atoms with Crippen molar-refractivity contribution in [2.24, 2.45) is 98.6 Å². The maximum absolute atomic E-state index is 10.9. The van der Waals surface area contributed by atoms with Crippen molar-refractivity contribution in [3.05, 3.63) is 22.8 Å². The molecule has 0 aromatic carbocycles. The van der Waals surface area contributed by atoms with Gasteiger partial charge in [-0.05, 0) is 138 Å². The molecule has 0 radical (unpaired) electrons. The molecule has 70 heavy (non-hydrogen) atoms. The van der Waals surface area contributed by atoms with E-state index in [2.05, 4.69) is 131 Å². The van der Waals surface area contributed by atoms with Crippen molar-refractivity contribution in [2.45, 2.75) is 213 Å². The number of carbonyl (C=O) groups excluding carboxylic acids is 2. The fourth-order valence-electron chi connectivity index (χ4n) is 13.5. The molecule has 4 fully saturated rings. The Labute approximate surface area is 429 Å². The van der Waals surface area contributed by atoms with E-state index in [4.69, 9.17) is 25.5 Å². The van der Waals surface area contributed by atoms with E-state index < -0.39 is 30.3 Å². The summed E-state index contributed by atoms with van der Waals surface area (Å²) in [6.07, 6.45) is 13.8. The minimum Gasteiger partial charge on any atom is -0.445 e. The maximum Gasteiger partial charge on any atom is 0.165 e. The highest BCUT2D eigenvalue weighted by atomic mass is 16.4. The van der Waals surface area contributed by atoms with Gasteiger partial charge in [-0.1, -0.05) is 149 Å². The zero-order chi connectivity index (χ0) is 54.3. The Morgan fingerprint density at radius 1 is 0.686 bits per heavy atom. The normalized spacial score (nSPS) is 43.8. The minimum atomic E-state index is -1.66. The number of aliphatic hydroxyl groups excluding tert-OH is 5. The highest BCUT2D eigenvalue weighted by molar-refractivity contribution is 5.56. The third-order valence-corrected chi connectivity index (χ3v) is 21.7. The molecule has 4 saturated carbocycles. The van der Waals surface area contributed by atoms with Gasteiger partial charge in [0.25, 0.3) is 0 Å². The highest BCUT2D eigenvalue weighted by Gasteiger charge is 2.51. The lowest BCUT2D eigenvalue weighted by Gasteiger charge is -2.32. The lowest BCUT2D eigenvalue weighted by molar-refractivity contribution is -0.114. The molecule has 10 heteroatoms. The van der Waals surface area contributed by atoms with Crippen LogP contribution >= 0.6 is 0 Å². The monoisotopic (exact) mass is 995 g/mol. The van der Waals surface area contributed by atoms with Gasteiger partial charge < -0.3 is 50.4 Å². The first-order valence-electron chi connectivity index (χ1n) is 28.0. The van der Waals surface area contributed by atoms with Crippen LogP contribution in [0.15, 0.2) is 22.8 Å². The van der Waals surface area contributed by atoms with E-state index in [-0.39, 0.29) is 25.0 Å². The summed E-state index contributed by atoms with van der Waals surface area (Å²) in [5.41, 5.74) is 4.12. The number of hydrogen-bond acceptors (Lipinski definition) is 8. The molecule has 20 atom stereocenters. The van der Waals surface area contributed by atoms with Gasteiger partial charge in [-0.2, -0.15) is 0 Å². The molecule has 6 aliphatic rings. The molecular weight excluding hydrogens is 881 g/mol. The van der Waals surface area contributed by atoms with Crippen LogP contribution in [0.25, 0.3) is 0 Å². The van der Waals surface area contributed by atoms with Crippen LogP contribution in [0.2, 0.25) is 0 Å². The van der Waals surface area contributed by atoms with Crippen LogP contribution in [0.3, 0.4) is 0 Å². The first kappa shape index (κ1) is 66.5. The summed E-state index contributed by atoms with van der Waals surface area (Å²) >= 11 is 0. The van der Waals surface area contributed by atoms with Crippen molar-refractivity contribution >= 4 is 12.6 Å². The Morgan fingerprint density at radius 3 is 1.51 bits per heavy atom. The topological polar surface area (TPSA) is 201 Å². The van der Waals surface area contributed by atoms with E-state index in [9.17, 15) is 24.9 Å². The molecule has 0 aliphatic heterocycles. The summed E-state index contributed by atoms with van der Waals surface area (Å²) in [7, 11) is 0. The molecule has 6 aliphatic carbocycles. The van der Waals surface area contributed by atoms with Gasteiger partial charge >= 0.3 is 0 Å². The lowest BCUT2D eigenvalue weighted by Crippen LogP contribution is -2.45. The predicted octanol–water partition coefficient (Wildman–Crippen LogP) is 10.1. The zero-order valence-electron chi connectivity index (χ0n) is 48.2. The molecule has 0 saturated heterocycles. The van der Waals surface area contributed by atoms with Crippen LogP contribution in [0.5, 0.6) is 0 Å². The second-order valence-corrected chi connectivity index (χ2v) is 25.0. The zero-order valence-corrected chi connectivity index (χ0v) is 48.2. The third-order valence-electron chi connectivity index (χ3n) is 21.7. The molecule has 412 valence electrons. The number of rotatable bonds is 12. The van der Waals surface area contributed by atoms with Crippen molar-refractivity contribution in [1.29, 1.82) is 0 Å². The third kappa shape index (κ3) is 15.5. The molecule has 0 heterocycles. The van der Waals surface area contributed by atoms with Crippen LogP contribution < -0.4 is 0 Å². The minimum absolute atomic E-state index is 0.0162. The SMILES string of the molecule is CCC1=C(CO)C[C@@H](C)[C@@H]1C.CC[C@@]1(C)C(C=O)C[C@@H](C)[C@@H]1C.CC[C@@]1(C)CC(C=O)[C@@H](C)[C@@H]1C.CC[C@@]1(C)CC(C[OH2+])=C[C@@H]1C.CC[C@@]1(C)C[C@H](C[OH2+])[C@@H](C)[C@@H]1C.OC[C@H]1C[C@](O)(CO)[C@@H](O)[C@@H]1O. The summed E-state index contributed by atoms with van der Waals surface area (Å²) < 4.78 is 0.